The van der Waals surface area contributed by atoms with Crippen molar-refractivity contribution >= 4 is 17.3 Å². The number of halogens is 1. The third-order valence-electron chi connectivity index (χ3n) is 2.88. The van der Waals surface area contributed by atoms with Crippen molar-refractivity contribution in [2.45, 2.75) is 33.4 Å². The summed E-state index contributed by atoms with van der Waals surface area (Å²) in [6, 6.07) is 7.61. The summed E-state index contributed by atoms with van der Waals surface area (Å²) in [5.41, 5.74) is 8.32. The van der Waals surface area contributed by atoms with Crippen LogP contribution in [0.3, 0.4) is 0 Å². The predicted molar refractivity (Wildman–Crippen MR) is 77.5 cm³/mol. The molecule has 102 valence electrons. The standard InChI is InChI=1S/C14H18ClN3O/c1-3-8-18-14(13(16)10(2)17-18)19-9-11-6-4-5-7-12(11)15/h4-7H,3,8-9,16H2,1-2H3. The van der Waals surface area contributed by atoms with E-state index >= 15 is 0 Å². The minimum atomic E-state index is 0.388. The van der Waals surface area contributed by atoms with E-state index in [0.29, 0.717) is 23.2 Å². The van der Waals surface area contributed by atoms with E-state index in [9.17, 15) is 0 Å². The number of aromatic nitrogens is 2. The molecule has 0 radical (unpaired) electrons. The molecular formula is C14H18ClN3O. The summed E-state index contributed by atoms with van der Waals surface area (Å²) in [7, 11) is 0. The van der Waals surface area contributed by atoms with Crippen LogP contribution in [-0.4, -0.2) is 9.78 Å². The Morgan fingerprint density at radius 1 is 1.37 bits per heavy atom. The molecule has 4 nitrogen and oxygen atoms in total. The topological polar surface area (TPSA) is 53.1 Å². The van der Waals surface area contributed by atoms with Gasteiger partial charge in [-0.3, -0.25) is 0 Å². The van der Waals surface area contributed by atoms with Gasteiger partial charge in [0.05, 0.1) is 5.69 Å². The molecule has 2 N–H and O–H groups in total. The zero-order valence-electron chi connectivity index (χ0n) is 11.2. The van der Waals surface area contributed by atoms with E-state index < -0.39 is 0 Å². The summed E-state index contributed by atoms with van der Waals surface area (Å²) < 4.78 is 7.61. The summed E-state index contributed by atoms with van der Waals surface area (Å²) in [6.07, 6.45) is 0.975. The highest BCUT2D eigenvalue weighted by molar-refractivity contribution is 6.31. The van der Waals surface area contributed by atoms with Crippen molar-refractivity contribution in [1.29, 1.82) is 0 Å². The fourth-order valence-corrected chi connectivity index (χ4v) is 2.04. The van der Waals surface area contributed by atoms with Gasteiger partial charge in [-0.1, -0.05) is 36.7 Å². The number of ether oxygens (including phenoxy) is 1. The van der Waals surface area contributed by atoms with Gasteiger partial charge in [-0.15, -0.1) is 0 Å². The Morgan fingerprint density at radius 3 is 2.79 bits per heavy atom. The van der Waals surface area contributed by atoms with E-state index in [1.165, 1.54) is 0 Å². The van der Waals surface area contributed by atoms with Gasteiger partial charge in [0, 0.05) is 17.1 Å². The Balaban J connectivity index is 2.17. The van der Waals surface area contributed by atoms with E-state index in [1.54, 1.807) is 0 Å². The van der Waals surface area contributed by atoms with Crippen molar-refractivity contribution in [3.05, 3.63) is 40.5 Å². The highest BCUT2D eigenvalue weighted by Crippen LogP contribution is 2.27. The maximum Gasteiger partial charge on any atom is 0.236 e. The molecule has 0 saturated carbocycles. The highest BCUT2D eigenvalue weighted by Gasteiger charge is 2.14. The Morgan fingerprint density at radius 2 is 2.11 bits per heavy atom. The number of rotatable bonds is 5. The Hall–Kier alpha value is -1.68. The normalized spacial score (nSPS) is 10.7. The van der Waals surface area contributed by atoms with Gasteiger partial charge in [0.2, 0.25) is 5.88 Å². The van der Waals surface area contributed by atoms with Gasteiger partial charge >= 0.3 is 0 Å². The van der Waals surface area contributed by atoms with E-state index in [4.69, 9.17) is 22.1 Å². The monoisotopic (exact) mass is 279 g/mol. The molecule has 0 unspecified atom stereocenters. The number of nitrogen functional groups attached to an aromatic ring is 1. The zero-order valence-corrected chi connectivity index (χ0v) is 11.9. The molecule has 5 heteroatoms. The molecule has 2 rings (SSSR count). The average molecular weight is 280 g/mol. The van der Waals surface area contributed by atoms with Crippen LogP contribution in [0.5, 0.6) is 5.88 Å². The van der Waals surface area contributed by atoms with Gasteiger partial charge in [0.1, 0.15) is 12.3 Å². The first kappa shape index (κ1) is 13.7. The van der Waals surface area contributed by atoms with Crippen LogP contribution in [0.4, 0.5) is 5.69 Å². The van der Waals surface area contributed by atoms with E-state index in [0.717, 1.165) is 24.2 Å². The fourth-order valence-electron chi connectivity index (χ4n) is 1.85. The lowest BCUT2D eigenvalue weighted by Gasteiger charge is -2.10. The van der Waals surface area contributed by atoms with Crippen molar-refractivity contribution in [2.75, 3.05) is 5.73 Å². The van der Waals surface area contributed by atoms with Crippen LogP contribution in [-0.2, 0) is 13.2 Å². The Bertz CT molecular complexity index is 566. The first-order chi connectivity index (χ1) is 9.13. The third-order valence-corrected chi connectivity index (χ3v) is 3.25. The van der Waals surface area contributed by atoms with Gasteiger partial charge in [0.15, 0.2) is 0 Å². The lowest BCUT2D eigenvalue weighted by atomic mass is 10.2. The molecule has 0 atom stereocenters. The highest BCUT2D eigenvalue weighted by atomic mass is 35.5. The lowest BCUT2D eigenvalue weighted by Crippen LogP contribution is -2.06. The van der Waals surface area contributed by atoms with E-state index in [-0.39, 0.29) is 0 Å². The van der Waals surface area contributed by atoms with Crippen molar-refractivity contribution in [3.8, 4) is 5.88 Å². The first-order valence-corrected chi connectivity index (χ1v) is 6.70. The lowest BCUT2D eigenvalue weighted by molar-refractivity contribution is 0.273. The largest absolute Gasteiger partial charge is 0.471 e. The molecule has 0 spiro atoms. The Labute approximate surface area is 118 Å². The predicted octanol–water partition coefficient (Wildman–Crippen LogP) is 3.42. The van der Waals surface area contributed by atoms with Crippen molar-refractivity contribution < 1.29 is 4.74 Å². The second-order valence-corrected chi connectivity index (χ2v) is 4.81. The van der Waals surface area contributed by atoms with Crippen molar-refractivity contribution in [1.82, 2.24) is 9.78 Å². The Kier molecular flexibility index (Phi) is 4.32. The number of hydrogen-bond donors (Lipinski definition) is 1. The van der Waals surface area contributed by atoms with Crippen molar-refractivity contribution in [2.24, 2.45) is 0 Å². The van der Waals surface area contributed by atoms with Crippen LogP contribution < -0.4 is 10.5 Å². The molecule has 0 aliphatic rings. The molecule has 0 amide bonds. The van der Waals surface area contributed by atoms with Crippen LogP contribution >= 0.6 is 11.6 Å². The van der Waals surface area contributed by atoms with Crippen molar-refractivity contribution in [3.63, 3.8) is 0 Å². The summed E-state index contributed by atoms with van der Waals surface area (Å²) in [5, 5.41) is 5.06. The molecule has 0 fully saturated rings. The third kappa shape index (κ3) is 3.01. The summed E-state index contributed by atoms with van der Waals surface area (Å²) in [4.78, 5) is 0. The molecule has 0 bridgehead atoms. The second kappa shape index (κ2) is 5.97. The number of nitrogens with zero attached hydrogens (tertiary/aromatic N) is 2. The van der Waals surface area contributed by atoms with Gasteiger partial charge in [0.25, 0.3) is 0 Å². The zero-order chi connectivity index (χ0) is 13.8. The molecule has 1 aromatic carbocycles. The maximum atomic E-state index is 6.10. The molecular weight excluding hydrogens is 262 g/mol. The SMILES string of the molecule is CCCn1nc(C)c(N)c1OCc1ccccc1Cl. The number of hydrogen-bond acceptors (Lipinski definition) is 3. The van der Waals surface area contributed by atoms with Gasteiger partial charge in [-0.05, 0) is 19.4 Å². The molecule has 0 aliphatic carbocycles. The second-order valence-electron chi connectivity index (χ2n) is 4.41. The van der Waals surface area contributed by atoms with Crippen LogP contribution in [0.2, 0.25) is 5.02 Å². The molecule has 2 aromatic rings. The maximum absolute atomic E-state index is 6.10. The van der Waals surface area contributed by atoms with Gasteiger partial charge in [-0.2, -0.15) is 5.10 Å². The van der Waals surface area contributed by atoms with Crippen LogP contribution in [0.25, 0.3) is 0 Å². The van der Waals surface area contributed by atoms with Crippen LogP contribution in [0.15, 0.2) is 24.3 Å². The number of anilines is 1. The minimum absolute atomic E-state index is 0.388. The van der Waals surface area contributed by atoms with E-state index in [1.807, 2.05) is 35.9 Å². The van der Waals surface area contributed by atoms with Crippen LogP contribution in [0, 0.1) is 6.92 Å². The van der Waals surface area contributed by atoms with Crippen LogP contribution in [0.1, 0.15) is 24.6 Å². The molecule has 0 aliphatic heterocycles. The summed E-state index contributed by atoms with van der Waals surface area (Å²) in [6.45, 7) is 5.14. The molecule has 1 aromatic heterocycles. The number of benzene rings is 1. The smallest absolute Gasteiger partial charge is 0.236 e. The molecule has 0 saturated heterocycles. The molecule has 1 heterocycles. The number of nitrogens with two attached hydrogens (primary N) is 1. The first-order valence-electron chi connectivity index (χ1n) is 6.32. The fraction of sp³-hybridized carbons (Fsp3) is 0.357. The van der Waals surface area contributed by atoms with E-state index in [2.05, 4.69) is 12.0 Å². The number of aryl methyl sites for hydroxylation is 2. The van der Waals surface area contributed by atoms with Gasteiger partial charge in [-0.25, -0.2) is 4.68 Å². The summed E-state index contributed by atoms with van der Waals surface area (Å²) >= 11 is 6.10. The average Bonchev–Trinajstić information content (AvgIpc) is 2.65. The minimum Gasteiger partial charge on any atom is -0.471 e. The quantitative estimate of drug-likeness (QED) is 0.912. The van der Waals surface area contributed by atoms with Gasteiger partial charge < -0.3 is 10.5 Å². The molecule has 19 heavy (non-hydrogen) atoms. The summed E-state index contributed by atoms with van der Waals surface area (Å²) in [5.74, 6) is 0.624.